The van der Waals surface area contributed by atoms with Crippen LogP contribution >= 0.6 is 11.8 Å². The molecule has 7 heteroatoms. The Kier molecular flexibility index (Phi) is 6.61. The summed E-state index contributed by atoms with van der Waals surface area (Å²) in [4.78, 5) is 36.4. The summed E-state index contributed by atoms with van der Waals surface area (Å²) >= 11 is 1.28. The number of aliphatic carboxylic acids is 1. The second kappa shape index (κ2) is 8.69. The summed E-state index contributed by atoms with van der Waals surface area (Å²) in [6.07, 6.45) is -0.565. The van der Waals surface area contributed by atoms with E-state index in [0.717, 1.165) is 0 Å². The van der Waals surface area contributed by atoms with Gasteiger partial charge in [-0.05, 0) is 0 Å². The third-order valence-corrected chi connectivity index (χ3v) is 4.37. The quantitative estimate of drug-likeness (QED) is 0.755. The summed E-state index contributed by atoms with van der Waals surface area (Å²) in [7, 11) is 0. The minimum atomic E-state index is -0.938. The van der Waals surface area contributed by atoms with Crippen LogP contribution in [0.3, 0.4) is 0 Å². The molecule has 0 bridgehead atoms. The van der Waals surface area contributed by atoms with Gasteiger partial charge in [0.15, 0.2) is 5.78 Å². The number of benzene rings is 1. The molecule has 1 atom stereocenters. The standard InChI is InChI=1S/C16H19NO5S/c18-14(12-4-2-1-3-5-12)10-23-11-15(19)17-6-7-22-13(9-17)8-16(20)21/h1-5,13H,6-11H2,(H,20,21). The number of hydrogen-bond donors (Lipinski definition) is 1. The molecule has 1 heterocycles. The van der Waals surface area contributed by atoms with E-state index in [-0.39, 0.29) is 29.6 Å². The van der Waals surface area contributed by atoms with Gasteiger partial charge in [0.25, 0.3) is 0 Å². The van der Waals surface area contributed by atoms with Crippen LogP contribution in [0.15, 0.2) is 30.3 Å². The van der Waals surface area contributed by atoms with Crippen LogP contribution in [0.5, 0.6) is 0 Å². The zero-order chi connectivity index (χ0) is 16.7. The average Bonchev–Trinajstić information content (AvgIpc) is 2.55. The highest BCUT2D eigenvalue weighted by molar-refractivity contribution is 8.00. The SMILES string of the molecule is O=C(O)CC1CN(C(=O)CSCC(=O)c2ccccc2)CCO1. The zero-order valence-electron chi connectivity index (χ0n) is 12.6. The fraction of sp³-hybridized carbons (Fsp3) is 0.438. The first-order valence-corrected chi connectivity index (χ1v) is 8.49. The fourth-order valence-electron chi connectivity index (χ4n) is 2.29. The van der Waals surface area contributed by atoms with Crippen molar-refractivity contribution in [3.63, 3.8) is 0 Å². The number of carboxylic acid groups (broad SMARTS) is 1. The van der Waals surface area contributed by atoms with E-state index >= 15 is 0 Å². The maximum Gasteiger partial charge on any atom is 0.306 e. The molecular weight excluding hydrogens is 318 g/mol. The Balaban J connectivity index is 1.74. The number of Topliss-reactive ketones (excluding diaryl/α,β-unsaturated/α-hetero) is 1. The Labute approximate surface area is 138 Å². The number of nitrogens with zero attached hydrogens (tertiary/aromatic N) is 1. The molecule has 23 heavy (non-hydrogen) atoms. The summed E-state index contributed by atoms with van der Waals surface area (Å²) in [5, 5.41) is 8.78. The normalized spacial score (nSPS) is 17.7. The maximum atomic E-state index is 12.1. The van der Waals surface area contributed by atoms with Gasteiger partial charge in [0.2, 0.25) is 5.91 Å². The summed E-state index contributed by atoms with van der Waals surface area (Å²) in [5.41, 5.74) is 0.639. The van der Waals surface area contributed by atoms with Gasteiger partial charge in [0.1, 0.15) is 0 Å². The molecule has 124 valence electrons. The number of carbonyl (C=O) groups is 3. The van der Waals surface area contributed by atoms with E-state index in [1.807, 2.05) is 6.07 Å². The predicted octanol–water partition coefficient (Wildman–Crippen LogP) is 1.30. The van der Waals surface area contributed by atoms with Crippen LogP contribution in [-0.4, -0.2) is 65.0 Å². The highest BCUT2D eigenvalue weighted by Crippen LogP contribution is 2.12. The van der Waals surface area contributed by atoms with Gasteiger partial charge in [-0.2, -0.15) is 0 Å². The van der Waals surface area contributed by atoms with Crippen molar-refractivity contribution in [3.8, 4) is 0 Å². The van der Waals surface area contributed by atoms with Gasteiger partial charge in [-0.1, -0.05) is 30.3 Å². The van der Waals surface area contributed by atoms with Crippen molar-refractivity contribution in [1.29, 1.82) is 0 Å². The van der Waals surface area contributed by atoms with E-state index in [1.54, 1.807) is 29.2 Å². The summed E-state index contributed by atoms with van der Waals surface area (Å²) in [6, 6.07) is 8.96. The Morgan fingerprint density at radius 3 is 2.65 bits per heavy atom. The Hall–Kier alpha value is -1.86. The molecule has 1 fully saturated rings. The molecule has 1 amide bonds. The third-order valence-electron chi connectivity index (χ3n) is 3.45. The molecule has 2 rings (SSSR count). The second-order valence-corrected chi connectivity index (χ2v) is 6.20. The first-order chi connectivity index (χ1) is 11.1. The Bertz CT molecular complexity index is 563. The van der Waals surface area contributed by atoms with Crippen LogP contribution in [0.2, 0.25) is 0 Å². The molecule has 1 aromatic rings. The number of carbonyl (C=O) groups excluding carboxylic acids is 2. The monoisotopic (exact) mass is 337 g/mol. The van der Waals surface area contributed by atoms with Crippen molar-refractivity contribution in [2.24, 2.45) is 0 Å². The molecule has 0 saturated carbocycles. The number of carboxylic acids is 1. The van der Waals surface area contributed by atoms with Crippen LogP contribution in [0.25, 0.3) is 0 Å². The third kappa shape index (κ3) is 5.69. The van der Waals surface area contributed by atoms with Gasteiger partial charge in [-0.15, -0.1) is 11.8 Å². The number of ketones is 1. The molecule has 1 N–H and O–H groups in total. The lowest BCUT2D eigenvalue weighted by molar-refractivity contribution is -0.146. The summed E-state index contributed by atoms with van der Waals surface area (Å²) < 4.78 is 5.33. The van der Waals surface area contributed by atoms with Crippen molar-refractivity contribution in [2.45, 2.75) is 12.5 Å². The maximum absolute atomic E-state index is 12.1. The van der Waals surface area contributed by atoms with Crippen molar-refractivity contribution in [2.75, 3.05) is 31.2 Å². The number of thioether (sulfide) groups is 1. The Morgan fingerprint density at radius 2 is 1.96 bits per heavy atom. The lowest BCUT2D eigenvalue weighted by Gasteiger charge is -2.32. The largest absolute Gasteiger partial charge is 0.481 e. The molecule has 0 spiro atoms. The smallest absolute Gasteiger partial charge is 0.306 e. The average molecular weight is 337 g/mol. The molecule has 0 aromatic heterocycles. The molecule has 6 nitrogen and oxygen atoms in total. The van der Waals surface area contributed by atoms with E-state index in [4.69, 9.17) is 9.84 Å². The van der Waals surface area contributed by atoms with E-state index in [9.17, 15) is 14.4 Å². The Morgan fingerprint density at radius 1 is 1.22 bits per heavy atom. The molecule has 1 unspecified atom stereocenters. The van der Waals surface area contributed by atoms with E-state index in [2.05, 4.69) is 0 Å². The highest BCUT2D eigenvalue weighted by Gasteiger charge is 2.25. The minimum absolute atomic E-state index is 0.00543. The molecule has 1 saturated heterocycles. The molecule has 1 aromatic carbocycles. The van der Waals surface area contributed by atoms with Gasteiger partial charge in [-0.25, -0.2) is 0 Å². The molecule has 0 aliphatic carbocycles. The van der Waals surface area contributed by atoms with Crippen LogP contribution in [0, 0.1) is 0 Å². The van der Waals surface area contributed by atoms with Crippen LogP contribution in [0.4, 0.5) is 0 Å². The van der Waals surface area contributed by atoms with Crippen LogP contribution in [0.1, 0.15) is 16.8 Å². The summed E-state index contributed by atoms with van der Waals surface area (Å²) in [6.45, 7) is 1.10. The molecule has 0 radical (unpaired) electrons. The van der Waals surface area contributed by atoms with Gasteiger partial charge in [0.05, 0.1) is 30.6 Å². The first-order valence-electron chi connectivity index (χ1n) is 7.33. The van der Waals surface area contributed by atoms with Crippen molar-refractivity contribution >= 4 is 29.4 Å². The number of amides is 1. The number of rotatable bonds is 7. The number of morpholine rings is 1. The molecule has 1 aliphatic rings. The van der Waals surface area contributed by atoms with E-state index in [1.165, 1.54) is 11.8 Å². The first kappa shape index (κ1) is 17.5. The molecule has 1 aliphatic heterocycles. The molecular formula is C16H19NO5S. The summed E-state index contributed by atoms with van der Waals surface area (Å²) in [5.74, 6) is -0.576. The topological polar surface area (TPSA) is 83.9 Å². The lowest BCUT2D eigenvalue weighted by atomic mass is 10.2. The van der Waals surface area contributed by atoms with Gasteiger partial charge in [0, 0.05) is 18.7 Å². The van der Waals surface area contributed by atoms with Crippen molar-refractivity contribution in [1.82, 2.24) is 4.90 Å². The van der Waals surface area contributed by atoms with E-state index in [0.29, 0.717) is 25.3 Å². The minimum Gasteiger partial charge on any atom is -0.481 e. The number of ether oxygens (including phenoxy) is 1. The zero-order valence-corrected chi connectivity index (χ0v) is 13.5. The van der Waals surface area contributed by atoms with Crippen molar-refractivity contribution < 1.29 is 24.2 Å². The van der Waals surface area contributed by atoms with Gasteiger partial charge < -0.3 is 14.7 Å². The van der Waals surface area contributed by atoms with Gasteiger partial charge in [-0.3, -0.25) is 14.4 Å². The fourth-order valence-corrected chi connectivity index (χ4v) is 3.11. The number of hydrogen-bond acceptors (Lipinski definition) is 5. The predicted molar refractivity (Wildman–Crippen MR) is 86.7 cm³/mol. The van der Waals surface area contributed by atoms with Crippen LogP contribution in [-0.2, 0) is 14.3 Å². The highest BCUT2D eigenvalue weighted by atomic mass is 32.2. The second-order valence-electron chi connectivity index (χ2n) is 5.21. The van der Waals surface area contributed by atoms with E-state index < -0.39 is 12.1 Å². The van der Waals surface area contributed by atoms with Gasteiger partial charge >= 0.3 is 5.97 Å². The van der Waals surface area contributed by atoms with Crippen molar-refractivity contribution in [3.05, 3.63) is 35.9 Å². The lowest BCUT2D eigenvalue weighted by Crippen LogP contribution is -2.47. The van der Waals surface area contributed by atoms with Crippen LogP contribution < -0.4 is 0 Å².